The molecule has 5 heteroatoms. The van der Waals surface area contributed by atoms with Crippen molar-refractivity contribution in [1.82, 2.24) is 0 Å². The zero-order valence-corrected chi connectivity index (χ0v) is 14.4. The van der Waals surface area contributed by atoms with Gasteiger partial charge in [-0.1, -0.05) is 6.08 Å². The van der Waals surface area contributed by atoms with Gasteiger partial charge < -0.3 is 9.47 Å². The number of methoxy groups -OCH3 is 1. The molecule has 0 bridgehead atoms. The number of ether oxygens (including phenoxy) is 2. The van der Waals surface area contributed by atoms with Crippen molar-refractivity contribution in [3.05, 3.63) is 63.9 Å². The van der Waals surface area contributed by atoms with Gasteiger partial charge >= 0.3 is 0 Å². The quantitative estimate of drug-likeness (QED) is 0.530. The molecule has 2 rings (SSSR count). The number of allylic oxidation sites excluding steroid dienone is 1. The lowest BCUT2D eigenvalue weighted by Crippen LogP contribution is -1.97. The van der Waals surface area contributed by atoms with E-state index in [1.165, 1.54) is 30.3 Å². The second kappa shape index (κ2) is 7.92. The minimum absolute atomic E-state index is 0.199. The lowest BCUT2D eigenvalue weighted by molar-refractivity contribution is 0.104. The molecule has 0 atom stereocenters. The van der Waals surface area contributed by atoms with Crippen LogP contribution >= 0.6 is 15.9 Å². The van der Waals surface area contributed by atoms with Gasteiger partial charge in [0.1, 0.15) is 5.82 Å². The lowest BCUT2D eigenvalue weighted by Gasteiger charge is -2.12. The number of benzene rings is 2. The number of hydrogen-bond acceptors (Lipinski definition) is 3. The first-order valence-corrected chi connectivity index (χ1v) is 7.82. The Morgan fingerprint density at radius 1 is 1.26 bits per heavy atom. The van der Waals surface area contributed by atoms with Gasteiger partial charge in [0.2, 0.25) is 0 Å². The molecular formula is C18H16BrFO3. The molecule has 0 saturated carbocycles. The maximum absolute atomic E-state index is 12.9. The van der Waals surface area contributed by atoms with Crippen molar-refractivity contribution in [2.24, 2.45) is 0 Å². The van der Waals surface area contributed by atoms with Crippen molar-refractivity contribution < 1.29 is 18.7 Å². The maximum Gasteiger partial charge on any atom is 0.185 e. The molecule has 0 spiro atoms. The van der Waals surface area contributed by atoms with Crippen molar-refractivity contribution in [1.29, 1.82) is 0 Å². The molecule has 0 fully saturated rings. The van der Waals surface area contributed by atoms with Gasteiger partial charge in [-0.25, -0.2) is 4.39 Å². The van der Waals surface area contributed by atoms with Gasteiger partial charge in [0, 0.05) is 5.56 Å². The molecule has 0 aromatic heterocycles. The highest BCUT2D eigenvalue weighted by Crippen LogP contribution is 2.36. The van der Waals surface area contributed by atoms with Crippen LogP contribution in [0, 0.1) is 5.82 Å². The van der Waals surface area contributed by atoms with Crippen LogP contribution in [-0.2, 0) is 0 Å². The highest BCUT2D eigenvalue weighted by Gasteiger charge is 2.10. The predicted molar refractivity (Wildman–Crippen MR) is 91.6 cm³/mol. The molecule has 23 heavy (non-hydrogen) atoms. The van der Waals surface area contributed by atoms with Crippen molar-refractivity contribution >= 4 is 27.8 Å². The predicted octanol–water partition coefficient (Wildman–Crippen LogP) is 4.89. The molecule has 0 unspecified atom stereocenters. The topological polar surface area (TPSA) is 35.5 Å². The Hall–Kier alpha value is -2.14. The summed E-state index contributed by atoms with van der Waals surface area (Å²) in [5.74, 6) is 0.632. The van der Waals surface area contributed by atoms with E-state index in [1.807, 2.05) is 13.0 Å². The summed E-state index contributed by atoms with van der Waals surface area (Å²) in [6.45, 7) is 2.39. The van der Waals surface area contributed by atoms with E-state index >= 15 is 0 Å². The monoisotopic (exact) mass is 378 g/mol. The number of rotatable bonds is 6. The normalized spacial score (nSPS) is 10.8. The number of carbonyl (C=O) groups is 1. The van der Waals surface area contributed by atoms with Crippen LogP contribution in [0.25, 0.3) is 6.08 Å². The Morgan fingerprint density at radius 2 is 1.96 bits per heavy atom. The molecule has 0 heterocycles. The first-order chi connectivity index (χ1) is 11.0. The van der Waals surface area contributed by atoms with Gasteiger partial charge in [-0.15, -0.1) is 0 Å². The fourth-order valence-electron chi connectivity index (χ4n) is 2.03. The summed E-state index contributed by atoms with van der Waals surface area (Å²) in [6, 6.07) is 9.06. The Kier molecular flexibility index (Phi) is 5.93. The van der Waals surface area contributed by atoms with Crippen LogP contribution in [0.4, 0.5) is 4.39 Å². The Morgan fingerprint density at radius 3 is 2.57 bits per heavy atom. The van der Waals surface area contributed by atoms with Crippen LogP contribution in [0.1, 0.15) is 22.8 Å². The van der Waals surface area contributed by atoms with Gasteiger partial charge in [0.15, 0.2) is 17.3 Å². The van der Waals surface area contributed by atoms with Gasteiger partial charge in [0.05, 0.1) is 18.2 Å². The van der Waals surface area contributed by atoms with Crippen molar-refractivity contribution in [2.75, 3.05) is 13.7 Å². The number of ketones is 1. The van der Waals surface area contributed by atoms with Gasteiger partial charge in [-0.3, -0.25) is 4.79 Å². The molecule has 0 aliphatic carbocycles. The fourth-order valence-corrected chi connectivity index (χ4v) is 2.65. The maximum atomic E-state index is 12.9. The van der Waals surface area contributed by atoms with Crippen LogP contribution in [0.2, 0.25) is 0 Å². The smallest absolute Gasteiger partial charge is 0.185 e. The highest BCUT2D eigenvalue weighted by atomic mass is 79.9. The first-order valence-electron chi connectivity index (χ1n) is 7.03. The summed E-state index contributed by atoms with van der Waals surface area (Å²) in [7, 11) is 1.57. The summed E-state index contributed by atoms with van der Waals surface area (Å²) in [5, 5.41) is 0. The van der Waals surface area contributed by atoms with E-state index in [4.69, 9.17) is 9.47 Å². The molecule has 0 saturated heterocycles. The molecule has 3 nitrogen and oxygen atoms in total. The van der Waals surface area contributed by atoms with E-state index in [1.54, 1.807) is 19.3 Å². The van der Waals surface area contributed by atoms with Gasteiger partial charge in [-0.05, 0) is 70.9 Å². The highest BCUT2D eigenvalue weighted by molar-refractivity contribution is 9.10. The summed E-state index contributed by atoms with van der Waals surface area (Å²) < 4.78 is 24.4. The SMILES string of the molecule is CCOc1cc(C=CC(=O)c2ccc(F)cc2)cc(Br)c1OC. The average molecular weight is 379 g/mol. The zero-order chi connectivity index (χ0) is 16.8. The molecule has 2 aromatic rings. The molecule has 120 valence electrons. The lowest BCUT2D eigenvalue weighted by atomic mass is 10.1. The molecule has 2 aromatic carbocycles. The molecule has 0 radical (unpaired) electrons. The second-order valence-corrected chi connectivity index (χ2v) is 5.53. The molecule has 0 amide bonds. The van der Waals surface area contributed by atoms with Crippen LogP contribution in [-0.4, -0.2) is 19.5 Å². The van der Waals surface area contributed by atoms with Crippen LogP contribution < -0.4 is 9.47 Å². The van der Waals surface area contributed by atoms with Crippen molar-refractivity contribution in [3.63, 3.8) is 0 Å². The summed E-state index contributed by atoms with van der Waals surface area (Å²) in [6.07, 6.45) is 3.12. The van der Waals surface area contributed by atoms with E-state index in [-0.39, 0.29) is 11.6 Å². The van der Waals surface area contributed by atoms with Crippen molar-refractivity contribution in [3.8, 4) is 11.5 Å². The summed E-state index contributed by atoms with van der Waals surface area (Å²) >= 11 is 3.42. The Bertz CT molecular complexity index is 724. The average Bonchev–Trinajstić information content (AvgIpc) is 2.53. The second-order valence-electron chi connectivity index (χ2n) is 4.67. The number of carbonyl (C=O) groups excluding carboxylic acids is 1. The Labute approximate surface area is 142 Å². The molecule has 0 N–H and O–H groups in total. The largest absolute Gasteiger partial charge is 0.492 e. The van der Waals surface area contributed by atoms with E-state index in [0.717, 1.165) is 10.0 Å². The third kappa shape index (κ3) is 4.42. The zero-order valence-electron chi connectivity index (χ0n) is 12.8. The summed E-state index contributed by atoms with van der Waals surface area (Å²) in [5.41, 5.74) is 1.22. The van der Waals surface area contributed by atoms with E-state index in [2.05, 4.69) is 15.9 Å². The fraction of sp³-hybridized carbons (Fsp3) is 0.167. The first kappa shape index (κ1) is 17.2. The van der Waals surface area contributed by atoms with Crippen LogP contribution in [0.5, 0.6) is 11.5 Å². The van der Waals surface area contributed by atoms with E-state index in [9.17, 15) is 9.18 Å². The van der Waals surface area contributed by atoms with Crippen molar-refractivity contribution in [2.45, 2.75) is 6.92 Å². The third-order valence-corrected chi connectivity index (χ3v) is 3.68. The molecular weight excluding hydrogens is 363 g/mol. The minimum atomic E-state index is -0.369. The molecule has 0 aliphatic heterocycles. The minimum Gasteiger partial charge on any atom is -0.492 e. The van der Waals surface area contributed by atoms with Crippen LogP contribution in [0.15, 0.2) is 46.9 Å². The molecule has 0 aliphatic rings. The number of hydrogen-bond donors (Lipinski definition) is 0. The standard InChI is InChI=1S/C18H16BrFO3/c1-3-23-17-11-12(10-15(19)18(17)22-2)4-9-16(21)13-5-7-14(20)8-6-13/h4-11H,3H2,1-2H3. The third-order valence-electron chi connectivity index (χ3n) is 3.09. The van der Waals surface area contributed by atoms with Gasteiger partial charge in [-0.2, -0.15) is 0 Å². The van der Waals surface area contributed by atoms with E-state index in [0.29, 0.717) is 23.7 Å². The van der Waals surface area contributed by atoms with Gasteiger partial charge in [0.25, 0.3) is 0 Å². The summed E-state index contributed by atoms with van der Waals surface area (Å²) in [4.78, 5) is 12.1. The number of halogens is 2. The Balaban J connectivity index is 2.25. The van der Waals surface area contributed by atoms with E-state index < -0.39 is 0 Å². The van der Waals surface area contributed by atoms with Crippen LogP contribution in [0.3, 0.4) is 0 Å².